The number of nitrogens with zero attached hydrogens (tertiary/aromatic N) is 1. The minimum atomic E-state index is -0.663. The van der Waals surface area contributed by atoms with E-state index in [4.69, 9.17) is 44.9 Å². The van der Waals surface area contributed by atoms with Gasteiger partial charge in [-0.15, -0.1) is 0 Å². The molecule has 0 amide bonds. The zero-order valence-corrected chi connectivity index (χ0v) is 22.2. The lowest BCUT2D eigenvalue weighted by atomic mass is 10.2. The van der Waals surface area contributed by atoms with E-state index in [1.807, 2.05) is 0 Å². The summed E-state index contributed by atoms with van der Waals surface area (Å²) in [5.41, 5.74) is 4.12. The van der Waals surface area contributed by atoms with Gasteiger partial charge in [-0.25, -0.2) is 14.0 Å². The lowest BCUT2D eigenvalue weighted by molar-refractivity contribution is 0.0732. The highest BCUT2D eigenvalue weighted by Crippen LogP contribution is 2.26. The average Bonchev–Trinajstić information content (AvgIpc) is 2.92. The van der Waals surface area contributed by atoms with Crippen molar-refractivity contribution < 1.29 is 23.5 Å². The lowest BCUT2D eigenvalue weighted by Crippen LogP contribution is -2.23. The predicted molar refractivity (Wildman–Crippen MR) is 153 cm³/mol. The number of esters is 2. The highest BCUT2D eigenvalue weighted by molar-refractivity contribution is 7.80. The van der Waals surface area contributed by atoms with E-state index >= 15 is 0 Å². The number of hydrogen-bond acceptors (Lipinski definition) is 6. The summed E-state index contributed by atoms with van der Waals surface area (Å²) in [7, 11) is 0. The van der Waals surface area contributed by atoms with Crippen molar-refractivity contribution in [2.45, 2.75) is 0 Å². The Morgan fingerprint density at radius 2 is 1.36 bits per heavy atom. The van der Waals surface area contributed by atoms with Crippen LogP contribution in [0, 0.1) is 5.82 Å². The molecule has 0 saturated heterocycles. The Bertz CT molecular complexity index is 1530. The number of halogens is 3. The molecule has 11 heteroatoms. The second-order valence-corrected chi connectivity index (χ2v) is 9.10. The van der Waals surface area contributed by atoms with Crippen LogP contribution in [-0.4, -0.2) is 23.3 Å². The van der Waals surface area contributed by atoms with Crippen molar-refractivity contribution in [2.75, 3.05) is 5.32 Å². The van der Waals surface area contributed by atoms with Crippen molar-refractivity contribution in [3.8, 4) is 11.5 Å². The topological polar surface area (TPSA) is 89.0 Å². The van der Waals surface area contributed by atoms with Gasteiger partial charge in [-0.3, -0.25) is 5.43 Å². The van der Waals surface area contributed by atoms with E-state index < -0.39 is 11.9 Å². The van der Waals surface area contributed by atoms with Crippen molar-refractivity contribution in [2.24, 2.45) is 5.10 Å². The Kier molecular flexibility index (Phi) is 9.22. The van der Waals surface area contributed by atoms with Gasteiger partial charge in [0.15, 0.2) is 5.11 Å². The van der Waals surface area contributed by atoms with Crippen LogP contribution in [0.3, 0.4) is 0 Å². The van der Waals surface area contributed by atoms with E-state index in [1.54, 1.807) is 30.3 Å². The third-order valence-electron chi connectivity index (χ3n) is 5.03. The van der Waals surface area contributed by atoms with Crippen LogP contribution in [0.5, 0.6) is 11.5 Å². The summed E-state index contributed by atoms with van der Waals surface area (Å²) in [5, 5.41) is 8.02. The van der Waals surface area contributed by atoms with Crippen molar-refractivity contribution in [1.82, 2.24) is 5.43 Å². The summed E-state index contributed by atoms with van der Waals surface area (Å²) >= 11 is 17.0. The Balaban J connectivity index is 1.52. The van der Waals surface area contributed by atoms with Gasteiger partial charge in [0.2, 0.25) is 0 Å². The summed E-state index contributed by atoms with van der Waals surface area (Å²) in [6.07, 6.45) is 1.37. The van der Waals surface area contributed by atoms with Crippen molar-refractivity contribution in [3.05, 3.63) is 124 Å². The fourth-order valence-corrected chi connectivity index (χ4v) is 3.55. The zero-order valence-electron chi connectivity index (χ0n) is 19.9. The molecule has 0 spiro atoms. The van der Waals surface area contributed by atoms with Crippen LogP contribution in [0.15, 0.2) is 96.1 Å². The number of hydrazone groups is 1. The summed E-state index contributed by atoms with van der Waals surface area (Å²) in [6, 6.07) is 22.4. The smallest absolute Gasteiger partial charge is 0.343 e. The molecule has 196 valence electrons. The number of carbonyl (C=O) groups excluding carboxylic acids is 2. The van der Waals surface area contributed by atoms with Crippen LogP contribution in [0.4, 0.5) is 10.1 Å². The maximum atomic E-state index is 13.1. The maximum absolute atomic E-state index is 13.1. The SMILES string of the molecule is O=C(Oc1ccc(/C=N\NC(=S)Nc2ccc(F)cc2)c(OC(=O)c2ccc(Cl)cc2)c1)c1ccc(Cl)cc1. The van der Waals surface area contributed by atoms with E-state index in [0.29, 0.717) is 21.3 Å². The largest absolute Gasteiger partial charge is 0.423 e. The molecule has 7 nitrogen and oxygen atoms in total. The third-order valence-corrected chi connectivity index (χ3v) is 5.73. The van der Waals surface area contributed by atoms with E-state index in [9.17, 15) is 14.0 Å². The quantitative estimate of drug-likeness (QED) is 0.0807. The molecule has 0 aliphatic heterocycles. The molecule has 39 heavy (non-hydrogen) atoms. The number of carbonyl (C=O) groups is 2. The highest BCUT2D eigenvalue weighted by Gasteiger charge is 2.15. The average molecular weight is 582 g/mol. The molecule has 0 aliphatic rings. The zero-order chi connectivity index (χ0) is 27.8. The highest BCUT2D eigenvalue weighted by atomic mass is 35.5. The summed E-state index contributed by atoms with van der Waals surface area (Å²) in [5.74, 6) is -1.46. The van der Waals surface area contributed by atoms with Gasteiger partial charge >= 0.3 is 11.9 Å². The summed E-state index contributed by atoms with van der Waals surface area (Å²) in [4.78, 5) is 25.3. The number of ether oxygens (including phenoxy) is 2. The Morgan fingerprint density at radius 3 is 1.95 bits per heavy atom. The van der Waals surface area contributed by atoms with E-state index in [2.05, 4.69) is 15.8 Å². The van der Waals surface area contributed by atoms with Crippen LogP contribution in [0.1, 0.15) is 26.3 Å². The minimum absolute atomic E-state index is 0.0688. The van der Waals surface area contributed by atoms with Crippen LogP contribution >= 0.6 is 35.4 Å². The Hall–Kier alpha value is -4.31. The molecule has 4 aromatic rings. The summed E-state index contributed by atoms with van der Waals surface area (Å²) in [6.45, 7) is 0. The first-order valence-corrected chi connectivity index (χ1v) is 12.4. The van der Waals surface area contributed by atoms with E-state index in [0.717, 1.165) is 0 Å². The molecule has 0 unspecified atom stereocenters. The van der Waals surface area contributed by atoms with Crippen molar-refractivity contribution in [1.29, 1.82) is 0 Å². The van der Waals surface area contributed by atoms with Gasteiger partial charge in [0.25, 0.3) is 0 Å². The van der Waals surface area contributed by atoms with Crippen molar-refractivity contribution >= 4 is 64.4 Å². The first-order chi connectivity index (χ1) is 18.8. The number of nitrogens with one attached hydrogen (secondary N) is 2. The van der Waals surface area contributed by atoms with Gasteiger partial charge < -0.3 is 14.8 Å². The molecule has 0 radical (unpaired) electrons. The fourth-order valence-electron chi connectivity index (χ4n) is 3.12. The molecular formula is C28H18Cl2FN3O4S. The normalized spacial score (nSPS) is 10.6. The Morgan fingerprint density at radius 1 is 0.795 bits per heavy atom. The lowest BCUT2D eigenvalue weighted by Gasteiger charge is -2.11. The van der Waals surface area contributed by atoms with E-state index in [1.165, 1.54) is 66.9 Å². The second-order valence-electron chi connectivity index (χ2n) is 7.82. The molecular weight excluding hydrogens is 564 g/mol. The van der Waals surface area contributed by atoms with Crippen LogP contribution in [-0.2, 0) is 0 Å². The molecule has 0 bridgehead atoms. The molecule has 0 atom stereocenters. The molecule has 0 saturated carbocycles. The summed E-state index contributed by atoms with van der Waals surface area (Å²) < 4.78 is 24.1. The Labute approximate surface area is 238 Å². The van der Waals surface area contributed by atoms with Crippen LogP contribution < -0.4 is 20.2 Å². The van der Waals surface area contributed by atoms with Gasteiger partial charge in [-0.1, -0.05) is 23.2 Å². The molecule has 4 aromatic carbocycles. The first-order valence-electron chi connectivity index (χ1n) is 11.2. The first kappa shape index (κ1) is 27.7. The van der Waals surface area contributed by atoms with Gasteiger partial charge in [0, 0.05) is 27.4 Å². The number of rotatable bonds is 7. The molecule has 0 aliphatic carbocycles. The van der Waals surface area contributed by atoms with Gasteiger partial charge in [-0.05, 0) is 97.1 Å². The third kappa shape index (κ3) is 8.08. The maximum Gasteiger partial charge on any atom is 0.343 e. The van der Waals surface area contributed by atoms with Crippen LogP contribution in [0.2, 0.25) is 10.0 Å². The number of thiocarbonyl (C=S) groups is 1. The number of benzene rings is 4. The fraction of sp³-hybridized carbons (Fsp3) is 0. The second kappa shape index (κ2) is 13.0. The van der Waals surface area contributed by atoms with Gasteiger partial charge in [0.1, 0.15) is 17.3 Å². The molecule has 0 aromatic heterocycles. The monoisotopic (exact) mass is 581 g/mol. The standard InChI is InChI=1S/C28H18Cl2FN3O4S/c29-20-6-1-17(2-7-20)26(35)37-24-14-5-19(16-32-34-28(39)33-23-12-10-22(31)11-13-23)25(15-24)38-27(36)18-3-8-21(30)9-4-18/h1-16H,(H2,33,34,39)/b32-16-. The number of hydrogen-bond donors (Lipinski definition) is 2. The van der Waals surface area contributed by atoms with Crippen LogP contribution in [0.25, 0.3) is 0 Å². The minimum Gasteiger partial charge on any atom is -0.423 e. The molecule has 0 fully saturated rings. The molecule has 0 heterocycles. The van der Waals surface area contributed by atoms with E-state index in [-0.39, 0.29) is 33.6 Å². The van der Waals surface area contributed by atoms with Gasteiger partial charge in [0.05, 0.1) is 17.3 Å². The van der Waals surface area contributed by atoms with Gasteiger partial charge in [-0.2, -0.15) is 5.10 Å². The molecule has 4 rings (SSSR count). The van der Waals surface area contributed by atoms with Crippen molar-refractivity contribution in [3.63, 3.8) is 0 Å². The molecule has 2 N–H and O–H groups in total. The predicted octanol–water partition coefficient (Wildman–Crippen LogP) is 6.89. The number of anilines is 1.